The molecule has 29 heavy (non-hydrogen) atoms. The number of fused-ring (bicyclic) bond motifs is 6. The second-order valence-corrected chi connectivity index (χ2v) is 8.54. The van der Waals surface area contributed by atoms with Gasteiger partial charge in [-0.25, -0.2) is 0 Å². The molecule has 5 aromatic rings. The van der Waals surface area contributed by atoms with E-state index in [-0.39, 0.29) is 0 Å². The van der Waals surface area contributed by atoms with E-state index in [0.717, 1.165) is 16.7 Å². The van der Waals surface area contributed by atoms with E-state index in [1.54, 1.807) is 0 Å². The van der Waals surface area contributed by atoms with Gasteiger partial charge in [0.15, 0.2) is 0 Å². The van der Waals surface area contributed by atoms with Crippen LogP contribution in [0, 0.1) is 0 Å². The van der Waals surface area contributed by atoms with Gasteiger partial charge in [-0.3, -0.25) is 0 Å². The molecule has 0 aromatic heterocycles. The Morgan fingerprint density at radius 2 is 1.14 bits per heavy atom. The molecule has 0 saturated heterocycles. The summed E-state index contributed by atoms with van der Waals surface area (Å²) in [6.07, 6.45) is 0. The molecule has 1 N–H and O–H groups in total. The van der Waals surface area contributed by atoms with E-state index in [1.165, 1.54) is 32.3 Å². The van der Waals surface area contributed by atoms with Gasteiger partial charge in [0.1, 0.15) is 0 Å². The van der Waals surface area contributed by atoms with Crippen LogP contribution in [0.4, 0.5) is 0 Å². The lowest BCUT2D eigenvalue weighted by Crippen LogP contribution is -2.16. The van der Waals surface area contributed by atoms with Crippen LogP contribution in [-0.2, 0) is 5.60 Å². The summed E-state index contributed by atoms with van der Waals surface area (Å²) >= 11 is 6.33. The van der Waals surface area contributed by atoms with Gasteiger partial charge in [-0.05, 0) is 81.1 Å². The van der Waals surface area contributed by atoms with Crippen LogP contribution >= 0.6 is 11.6 Å². The average Bonchev–Trinajstić information content (AvgIpc) is 2.72. The van der Waals surface area contributed by atoms with E-state index in [0.29, 0.717) is 5.02 Å². The fourth-order valence-corrected chi connectivity index (χ4v) is 4.54. The molecule has 5 rings (SSSR count). The van der Waals surface area contributed by atoms with E-state index in [2.05, 4.69) is 66.7 Å². The highest BCUT2D eigenvalue weighted by atomic mass is 35.5. The zero-order valence-corrected chi connectivity index (χ0v) is 17.2. The van der Waals surface area contributed by atoms with Crippen LogP contribution in [-0.4, -0.2) is 5.11 Å². The highest BCUT2D eigenvalue weighted by Gasteiger charge is 2.21. The van der Waals surface area contributed by atoms with E-state index in [1.807, 2.05) is 32.0 Å². The maximum atomic E-state index is 10.7. The van der Waals surface area contributed by atoms with Crippen molar-refractivity contribution < 1.29 is 5.11 Å². The van der Waals surface area contributed by atoms with Crippen LogP contribution in [0.15, 0.2) is 84.9 Å². The van der Waals surface area contributed by atoms with E-state index < -0.39 is 5.60 Å². The van der Waals surface area contributed by atoms with Crippen molar-refractivity contribution in [1.82, 2.24) is 0 Å². The minimum absolute atomic E-state index is 0.663. The lowest BCUT2D eigenvalue weighted by molar-refractivity contribution is 0.0792. The Morgan fingerprint density at radius 1 is 0.621 bits per heavy atom. The van der Waals surface area contributed by atoms with Gasteiger partial charge in [-0.15, -0.1) is 0 Å². The number of rotatable bonds is 2. The summed E-state index contributed by atoms with van der Waals surface area (Å²) in [5, 5.41) is 18.8. The molecule has 0 radical (unpaired) electrons. The van der Waals surface area contributed by atoms with Crippen LogP contribution < -0.4 is 0 Å². The lowest BCUT2D eigenvalue weighted by atomic mass is 9.87. The molecule has 0 saturated carbocycles. The first-order chi connectivity index (χ1) is 13.9. The average molecular weight is 397 g/mol. The molecule has 0 aliphatic carbocycles. The molecule has 2 heteroatoms. The third kappa shape index (κ3) is 2.98. The largest absolute Gasteiger partial charge is 0.386 e. The Bertz CT molecular complexity index is 1360. The maximum Gasteiger partial charge on any atom is 0.0846 e. The topological polar surface area (TPSA) is 20.2 Å². The van der Waals surface area contributed by atoms with E-state index >= 15 is 0 Å². The molecule has 0 fully saturated rings. The van der Waals surface area contributed by atoms with Gasteiger partial charge in [-0.1, -0.05) is 78.3 Å². The minimum Gasteiger partial charge on any atom is -0.386 e. The van der Waals surface area contributed by atoms with Gasteiger partial charge in [0.2, 0.25) is 0 Å². The van der Waals surface area contributed by atoms with Crippen LogP contribution in [0.2, 0.25) is 5.02 Å². The number of aliphatic hydroxyl groups is 1. The summed E-state index contributed by atoms with van der Waals surface area (Å²) in [7, 11) is 0. The zero-order chi connectivity index (χ0) is 20.2. The van der Waals surface area contributed by atoms with Crippen molar-refractivity contribution in [3.05, 3.63) is 95.5 Å². The summed E-state index contributed by atoms with van der Waals surface area (Å²) in [5.74, 6) is 0. The van der Waals surface area contributed by atoms with E-state index in [9.17, 15) is 5.11 Å². The normalized spacial score (nSPS) is 12.1. The predicted molar refractivity (Wildman–Crippen MR) is 125 cm³/mol. The smallest absolute Gasteiger partial charge is 0.0846 e. The van der Waals surface area contributed by atoms with Gasteiger partial charge in [-0.2, -0.15) is 0 Å². The van der Waals surface area contributed by atoms with Gasteiger partial charge in [0.05, 0.1) is 5.60 Å². The molecular formula is C27H21ClO. The first kappa shape index (κ1) is 18.2. The fourth-order valence-electron chi connectivity index (χ4n) is 4.36. The van der Waals surface area contributed by atoms with Gasteiger partial charge < -0.3 is 5.11 Å². The summed E-state index contributed by atoms with van der Waals surface area (Å²) in [5.41, 5.74) is 1.92. The molecule has 5 aromatic carbocycles. The van der Waals surface area contributed by atoms with Crippen molar-refractivity contribution in [3.63, 3.8) is 0 Å². The Labute approximate surface area is 175 Å². The molecule has 1 nitrogen and oxygen atoms in total. The number of benzene rings is 5. The summed E-state index contributed by atoms with van der Waals surface area (Å²) < 4.78 is 0. The molecule has 0 aliphatic heterocycles. The first-order valence-corrected chi connectivity index (χ1v) is 10.2. The molecule has 0 unspecified atom stereocenters. The Kier molecular flexibility index (Phi) is 4.13. The molecule has 0 bridgehead atoms. The van der Waals surface area contributed by atoms with Gasteiger partial charge >= 0.3 is 0 Å². The second-order valence-electron chi connectivity index (χ2n) is 8.10. The summed E-state index contributed by atoms with van der Waals surface area (Å²) in [6.45, 7) is 3.62. The molecule has 0 amide bonds. The Hall–Kier alpha value is -2.87. The van der Waals surface area contributed by atoms with Gasteiger partial charge in [0, 0.05) is 5.02 Å². The van der Waals surface area contributed by atoms with Crippen LogP contribution in [0.1, 0.15) is 19.4 Å². The molecule has 0 aliphatic rings. The molecule has 0 heterocycles. The monoisotopic (exact) mass is 396 g/mol. The minimum atomic E-state index is -0.958. The Morgan fingerprint density at radius 3 is 1.69 bits per heavy atom. The third-order valence-electron chi connectivity index (χ3n) is 5.70. The van der Waals surface area contributed by atoms with Crippen molar-refractivity contribution in [2.45, 2.75) is 19.4 Å². The highest BCUT2D eigenvalue weighted by Crippen LogP contribution is 2.39. The third-order valence-corrected chi connectivity index (χ3v) is 5.93. The highest BCUT2D eigenvalue weighted by molar-refractivity contribution is 6.31. The fraction of sp³-hybridized carbons (Fsp3) is 0.111. The van der Waals surface area contributed by atoms with Crippen LogP contribution in [0.3, 0.4) is 0 Å². The van der Waals surface area contributed by atoms with Crippen molar-refractivity contribution in [3.8, 4) is 11.1 Å². The van der Waals surface area contributed by atoms with Crippen LogP contribution in [0.25, 0.3) is 43.4 Å². The van der Waals surface area contributed by atoms with Crippen molar-refractivity contribution in [2.24, 2.45) is 0 Å². The molecule has 0 atom stereocenters. The number of hydrogen-bond acceptors (Lipinski definition) is 1. The van der Waals surface area contributed by atoms with E-state index in [4.69, 9.17) is 11.6 Å². The summed E-state index contributed by atoms with van der Waals surface area (Å²) in [6, 6.07) is 29.4. The second kappa shape index (κ2) is 6.59. The van der Waals surface area contributed by atoms with Gasteiger partial charge in [0.25, 0.3) is 0 Å². The standard InChI is InChI=1S/C27H21ClO/c1-27(2,29)26-14-12-18(28)16-24(26)17-11-13-23-21-9-4-3-7-19(21)20-8-5-6-10-22(20)25(23)15-17/h3-16,29H,1-2H3. The van der Waals surface area contributed by atoms with Crippen molar-refractivity contribution >= 4 is 43.9 Å². The molecule has 0 spiro atoms. The number of halogens is 1. The molecular weight excluding hydrogens is 376 g/mol. The van der Waals surface area contributed by atoms with Crippen molar-refractivity contribution in [2.75, 3.05) is 0 Å². The lowest BCUT2D eigenvalue weighted by Gasteiger charge is -2.22. The predicted octanol–water partition coefficient (Wildman–Crippen LogP) is 7.69. The van der Waals surface area contributed by atoms with Crippen LogP contribution in [0.5, 0.6) is 0 Å². The Balaban J connectivity index is 1.90. The quantitative estimate of drug-likeness (QED) is 0.303. The maximum absolute atomic E-state index is 10.7. The van der Waals surface area contributed by atoms with Crippen molar-refractivity contribution in [1.29, 1.82) is 0 Å². The number of hydrogen-bond donors (Lipinski definition) is 1. The SMILES string of the molecule is CC(C)(O)c1ccc(Cl)cc1-c1ccc2c3ccccc3c3ccccc3c2c1. The molecule has 142 valence electrons. The first-order valence-electron chi connectivity index (χ1n) is 9.79. The zero-order valence-electron chi connectivity index (χ0n) is 16.4. The summed E-state index contributed by atoms with van der Waals surface area (Å²) in [4.78, 5) is 0.